The van der Waals surface area contributed by atoms with Crippen LogP contribution in [0.3, 0.4) is 0 Å². The molecule has 1 amide bonds. The van der Waals surface area contributed by atoms with Gasteiger partial charge >= 0.3 is 0 Å². The molecule has 0 spiro atoms. The molecule has 0 heterocycles. The fourth-order valence-corrected chi connectivity index (χ4v) is 2.99. The minimum Gasteiger partial charge on any atom is -0.493 e. The van der Waals surface area contributed by atoms with Crippen LogP contribution in [0.15, 0.2) is 18.2 Å². The first-order valence-electron chi connectivity index (χ1n) is 7.50. The van der Waals surface area contributed by atoms with Crippen molar-refractivity contribution in [3.05, 3.63) is 23.8 Å². The number of carbonyl (C=O) groups excluding carboxylic acids is 2. The van der Waals surface area contributed by atoms with Gasteiger partial charge in [0.25, 0.3) is 5.91 Å². The fraction of sp³-hybridized carbons (Fsp3) is 0.529. The number of methoxy groups -OCH3 is 1. The van der Waals surface area contributed by atoms with Gasteiger partial charge in [0.2, 0.25) is 0 Å². The predicted molar refractivity (Wildman–Crippen MR) is 93.7 cm³/mol. The summed E-state index contributed by atoms with van der Waals surface area (Å²) in [5, 5.41) is 0. The van der Waals surface area contributed by atoms with Crippen molar-refractivity contribution >= 4 is 23.5 Å². The normalized spacial score (nSPS) is 11.7. The van der Waals surface area contributed by atoms with E-state index >= 15 is 0 Å². The van der Waals surface area contributed by atoms with Crippen LogP contribution in [-0.4, -0.2) is 55.4 Å². The van der Waals surface area contributed by atoms with Crippen LogP contribution in [0.4, 0.5) is 0 Å². The molecule has 128 valence electrons. The Balaban J connectivity index is 2.73. The lowest BCUT2D eigenvalue weighted by Crippen LogP contribution is -2.40. The molecule has 1 atom stereocenters. The van der Waals surface area contributed by atoms with Gasteiger partial charge in [-0.1, -0.05) is 6.92 Å². The first kappa shape index (κ1) is 19.4. The Bertz CT molecular complexity index is 547. The second-order valence-electron chi connectivity index (χ2n) is 5.23. The number of likely N-dealkylation sites (N-methyl/N-ethyl adjacent to an activating group) is 1. The smallest absolute Gasteiger partial charge is 0.260 e. The molecule has 1 aromatic carbocycles. The molecule has 0 aliphatic carbocycles. The standard InChI is InChI=1S/C17H25NO4S/c1-6-14(11-23-5)18(3)17(20)10-22-15-8-7-13(12(2)19)9-16(15)21-4/h7-9,14H,6,10-11H2,1-5H3/t14-/m1/s1. The van der Waals surface area contributed by atoms with Gasteiger partial charge < -0.3 is 14.4 Å². The number of carbonyl (C=O) groups is 2. The van der Waals surface area contributed by atoms with Crippen LogP contribution in [0.2, 0.25) is 0 Å². The van der Waals surface area contributed by atoms with E-state index in [4.69, 9.17) is 9.47 Å². The maximum Gasteiger partial charge on any atom is 0.260 e. The van der Waals surface area contributed by atoms with Crippen molar-refractivity contribution < 1.29 is 19.1 Å². The van der Waals surface area contributed by atoms with Crippen molar-refractivity contribution in [2.45, 2.75) is 26.3 Å². The number of hydrogen-bond donors (Lipinski definition) is 0. The Morgan fingerprint density at radius 1 is 1.30 bits per heavy atom. The third-order valence-corrected chi connectivity index (χ3v) is 4.41. The van der Waals surface area contributed by atoms with Crippen molar-refractivity contribution in [1.82, 2.24) is 4.90 Å². The largest absolute Gasteiger partial charge is 0.493 e. The molecule has 0 aliphatic heterocycles. The summed E-state index contributed by atoms with van der Waals surface area (Å²) in [4.78, 5) is 25.4. The minimum atomic E-state index is -0.0800. The first-order chi connectivity index (χ1) is 10.9. The molecule has 23 heavy (non-hydrogen) atoms. The number of hydrogen-bond acceptors (Lipinski definition) is 5. The van der Waals surface area contributed by atoms with Gasteiger partial charge in [-0.25, -0.2) is 0 Å². The lowest BCUT2D eigenvalue weighted by molar-refractivity contribution is -0.133. The van der Waals surface area contributed by atoms with Crippen LogP contribution < -0.4 is 9.47 Å². The fourth-order valence-electron chi connectivity index (χ4n) is 2.15. The van der Waals surface area contributed by atoms with Crippen LogP contribution in [0, 0.1) is 0 Å². The molecular formula is C17H25NO4S. The highest BCUT2D eigenvalue weighted by atomic mass is 32.2. The summed E-state index contributed by atoms with van der Waals surface area (Å²) < 4.78 is 10.8. The van der Waals surface area contributed by atoms with E-state index in [0.29, 0.717) is 17.1 Å². The van der Waals surface area contributed by atoms with Crippen molar-refractivity contribution in [3.63, 3.8) is 0 Å². The summed E-state index contributed by atoms with van der Waals surface area (Å²) >= 11 is 1.72. The van der Waals surface area contributed by atoms with Crippen LogP contribution in [-0.2, 0) is 4.79 Å². The van der Waals surface area contributed by atoms with Crippen LogP contribution in [0.1, 0.15) is 30.6 Å². The van der Waals surface area contributed by atoms with Crippen molar-refractivity contribution in [2.24, 2.45) is 0 Å². The Morgan fingerprint density at radius 2 is 2.00 bits per heavy atom. The number of amides is 1. The molecule has 0 saturated heterocycles. The van der Waals surface area contributed by atoms with E-state index < -0.39 is 0 Å². The third-order valence-electron chi connectivity index (χ3n) is 3.69. The third kappa shape index (κ3) is 5.46. The molecule has 0 fully saturated rings. The Hall–Kier alpha value is -1.69. The van der Waals surface area contributed by atoms with Crippen molar-refractivity contribution in [3.8, 4) is 11.5 Å². The zero-order chi connectivity index (χ0) is 17.4. The topological polar surface area (TPSA) is 55.8 Å². The van der Waals surface area contributed by atoms with E-state index in [-0.39, 0.29) is 24.3 Å². The molecule has 1 aromatic rings. The van der Waals surface area contributed by atoms with E-state index in [0.717, 1.165) is 12.2 Å². The van der Waals surface area contributed by atoms with Gasteiger partial charge in [0.05, 0.1) is 7.11 Å². The molecular weight excluding hydrogens is 314 g/mol. The lowest BCUT2D eigenvalue weighted by atomic mass is 10.1. The van der Waals surface area contributed by atoms with Gasteiger partial charge in [-0.2, -0.15) is 11.8 Å². The molecule has 1 rings (SSSR count). The summed E-state index contributed by atoms with van der Waals surface area (Å²) in [6, 6.07) is 5.14. The quantitative estimate of drug-likeness (QED) is 0.648. The molecule has 0 unspecified atom stereocenters. The molecule has 0 aromatic heterocycles. The zero-order valence-electron chi connectivity index (χ0n) is 14.4. The number of ether oxygens (including phenoxy) is 2. The average Bonchev–Trinajstić information content (AvgIpc) is 2.56. The van der Waals surface area contributed by atoms with Gasteiger partial charge in [-0.05, 0) is 37.8 Å². The van der Waals surface area contributed by atoms with Gasteiger partial charge in [0.15, 0.2) is 23.9 Å². The van der Waals surface area contributed by atoms with Gasteiger partial charge in [-0.3, -0.25) is 9.59 Å². The highest BCUT2D eigenvalue weighted by Crippen LogP contribution is 2.28. The SMILES string of the molecule is CC[C@H](CSC)N(C)C(=O)COc1ccc(C(C)=O)cc1OC. The summed E-state index contributed by atoms with van der Waals surface area (Å²) in [5.41, 5.74) is 0.545. The number of thioether (sulfide) groups is 1. The summed E-state index contributed by atoms with van der Waals surface area (Å²) in [7, 11) is 3.30. The number of rotatable bonds is 9. The van der Waals surface area contributed by atoms with Gasteiger partial charge in [-0.15, -0.1) is 0 Å². The van der Waals surface area contributed by atoms with Crippen molar-refractivity contribution in [1.29, 1.82) is 0 Å². The molecule has 0 bridgehead atoms. The molecule has 0 aliphatic rings. The maximum absolute atomic E-state index is 12.3. The molecule has 5 nitrogen and oxygen atoms in total. The maximum atomic E-state index is 12.3. The Morgan fingerprint density at radius 3 is 2.52 bits per heavy atom. The number of benzene rings is 1. The van der Waals surface area contributed by atoms with Gasteiger partial charge in [0, 0.05) is 24.4 Å². The Labute approximate surface area is 142 Å². The lowest BCUT2D eigenvalue weighted by Gasteiger charge is -2.26. The summed E-state index contributed by atoms with van der Waals surface area (Å²) in [6.07, 6.45) is 2.93. The highest BCUT2D eigenvalue weighted by molar-refractivity contribution is 7.98. The van der Waals surface area contributed by atoms with Crippen LogP contribution in [0.5, 0.6) is 11.5 Å². The van der Waals surface area contributed by atoms with Crippen molar-refractivity contribution in [2.75, 3.05) is 32.8 Å². The monoisotopic (exact) mass is 339 g/mol. The average molecular weight is 339 g/mol. The number of Topliss-reactive ketones (excluding diaryl/α,β-unsaturated/α-hetero) is 1. The van der Waals surface area contributed by atoms with Crippen LogP contribution in [0.25, 0.3) is 0 Å². The Kier molecular flexibility index (Phi) is 7.95. The molecule has 0 N–H and O–H groups in total. The summed E-state index contributed by atoms with van der Waals surface area (Å²) in [5.74, 6) is 1.67. The van der Waals surface area contributed by atoms with E-state index in [1.807, 2.05) is 6.26 Å². The van der Waals surface area contributed by atoms with E-state index in [9.17, 15) is 9.59 Å². The molecule has 0 saturated carbocycles. The minimum absolute atomic E-state index is 0.0477. The van der Waals surface area contributed by atoms with Gasteiger partial charge in [0.1, 0.15) is 0 Å². The number of ketones is 1. The predicted octanol–water partition coefficient (Wildman–Crippen LogP) is 2.88. The second kappa shape index (κ2) is 9.45. The van der Waals surface area contributed by atoms with E-state index in [1.165, 1.54) is 14.0 Å². The highest BCUT2D eigenvalue weighted by Gasteiger charge is 2.19. The first-order valence-corrected chi connectivity index (χ1v) is 8.90. The van der Waals surface area contributed by atoms with E-state index in [2.05, 4.69) is 6.92 Å². The number of nitrogens with zero attached hydrogens (tertiary/aromatic N) is 1. The second-order valence-corrected chi connectivity index (χ2v) is 6.14. The molecule has 6 heteroatoms. The molecule has 0 radical (unpaired) electrons. The summed E-state index contributed by atoms with van der Waals surface area (Å²) in [6.45, 7) is 3.50. The zero-order valence-corrected chi connectivity index (χ0v) is 15.2. The van der Waals surface area contributed by atoms with Crippen LogP contribution >= 0.6 is 11.8 Å². The van der Waals surface area contributed by atoms with E-state index in [1.54, 1.807) is 41.9 Å².